The molecular formula is C25H26FN3O5. The maximum atomic E-state index is 15.5. The Kier molecular flexibility index (Phi) is 3.33. The lowest BCUT2D eigenvalue weighted by atomic mass is 10.0. The van der Waals surface area contributed by atoms with Gasteiger partial charge in [0.05, 0.1) is 32.0 Å². The second-order valence-corrected chi connectivity index (χ2v) is 7.39. The molecule has 0 bridgehead atoms. The zero-order chi connectivity index (χ0) is 35.3. The third-order valence-electron chi connectivity index (χ3n) is 5.17. The number of hydrogen-bond acceptors (Lipinski definition) is 6. The van der Waals surface area contributed by atoms with Crippen molar-refractivity contribution in [2.45, 2.75) is 38.5 Å². The molecule has 8 nitrogen and oxygen atoms in total. The quantitative estimate of drug-likeness (QED) is 0.637. The molecule has 0 spiro atoms. The summed E-state index contributed by atoms with van der Waals surface area (Å²) in [5.74, 6) is -4.94. The van der Waals surface area contributed by atoms with Crippen molar-refractivity contribution in [1.82, 2.24) is 15.1 Å². The van der Waals surface area contributed by atoms with E-state index in [1.54, 1.807) is 0 Å². The molecule has 34 heavy (non-hydrogen) atoms. The molecule has 0 saturated carbocycles. The van der Waals surface area contributed by atoms with Crippen molar-refractivity contribution in [1.29, 1.82) is 0 Å². The highest BCUT2D eigenvalue weighted by molar-refractivity contribution is 6.05. The molecule has 1 atom stereocenters. The topological polar surface area (TPSA) is 88.2 Å². The van der Waals surface area contributed by atoms with Crippen LogP contribution in [0.1, 0.15) is 57.7 Å². The van der Waals surface area contributed by atoms with E-state index >= 15 is 4.39 Å². The van der Waals surface area contributed by atoms with Crippen molar-refractivity contribution in [3.05, 3.63) is 64.5 Å². The van der Waals surface area contributed by atoms with Gasteiger partial charge in [-0.15, -0.1) is 0 Å². The summed E-state index contributed by atoms with van der Waals surface area (Å²) in [4.78, 5) is 38.1. The Morgan fingerprint density at radius 2 is 2.06 bits per heavy atom. The maximum absolute atomic E-state index is 15.5. The van der Waals surface area contributed by atoms with Gasteiger partial charge < -0.3 is 14.4 Å². The molecule has 2 aromatic carbocycles. The van der Waals surface area contributed by atoms with E-state index in [9.17, 15) is 14.4 Å². The number of amides is 3. The summed E-state index contributed by atoms with van der Waals surface area (Å²) in [5, 5.41) is 1.91. The van der Waals surface area contributed by atoms with Gasteiger partial charge in [-0.2, -0.15) is 0 Å². The zero-order valence-corrected chi connectivity index (χ0v) is 17.4. The van der Waals surface area contributed by atoms with Crippen LogP contribution in [0.25, 0.3) is 0 Å². The number of nitrogens with zero attached hydrogens (tertiary/aromatic N) is 2. The van der Waals surface area contributed by atoms with Gasteiger partial charge in [0.2, 0.25) is 11.8 Å². The SMILES string of the molecule is [2H]C([2H])(Oc1cccc2c1C([2H])([2H])N(C1([2H])CCC(=O)NC1=O)C2=O)c1ccc(CN2C([2H])([2H])C([2H])([2H])OC([2H])([2H])C2([2H])[2H])cc1F. The predicted octanol–water partition coefficient (Wildman–Crippen LogP) is 2.00. The minimum atomic E-state index is -3.33. The molecule has 2 fully saturated rings. The minimum Gasteiger partial charge on any atom is -0.488 e. The Bertz CT molecular complexity index is 1670. The molecule has 3 aliphatic rings. The predicted molar refractivity (Wildman–Crippen MR) is 119 cm³/mol. The van der Waals surface area contributed by atoms with Crippen LogP contribution in [0.4, 0.5) is 4.39 Å². The summed E-state index contributed by atoms with van der Waals surface area (Å²) >= 11 is 0. The number of carbonyl (C=O) groups excluding carboxylic acids is 3. The molecule has 2 saturated heterocycles. The van der Waals surface area contributed by atoms with E-state index < -0.39 is 98.6 Å². The molecular weight excluding hydrogens is 441 g/mol. The third kappa shape index (κ3) is 4.53. The smallest absolute Gasteiger partial charge is 0.255 e. The van der Waals surface area contributed by atoms with Gasteiger partial charge >= 0.3 is 0 Å². The highest BCUT2D eigenvalue weighted by Gasteiger charge is 2.40. The largest absolute Gasteiger partial charge is 0.488 e. The second kappa shape index (κ2) is 9.52. The molecule has 1 N–H and O–H groups in total. The summed E-state index contributed by atoms with van der Waals surface area (Å²) in [6.07, 6.45) is -0.873. The van der Waals surface area contributed by atoms with Gasteiger partial charge in [-0.05, 0) is 30.2 Å². The average molecular weight is 481 g/mol. The molecule has 0 radical (unpaired) electrons. The van der Waals surface area contributed by atoms with Crippen LogP contribution in [-0.4, -0.2) is 59.7 Å². The number of benzene rings is 2. The molecule has 9 heteroatoms. The van der Waals surface area contributed by atoms with Gasteiger partial charge in [-0.1, -0.05) is 18.2 Å². The van der Waals surface area contributed by atoms with Gasteiger partial charge in [0.15, 0.2) is 0 Å². The first-order chi connectivity index (χ1) is 21.3. The van der Waals surface area contributed by atoms with Gasteiger partial charge in [0, 0.05) is 48.1 Å². The minimum absolute atomic E-state index is 0.183. The second-order valence-electron chi connectivity index (χ2n) is 7.39. The van der Waals surface area contributed by atoms with Gasteiger partial charge in [-0.3, -0.25) is 24.6 Å². The summed E-state index contributed by atoms with van der Waals surface area (Å²) in [6.45, 7) is -20.1. The Balaban J connectivity index is 1.46. The Labute approximate surface area is 214 Å². The molecule has 0 aliphatic carbocycles. The van der Waals surface area contributed by atoms with Crippen LogP contribution >= 0.6 is 0 Å². The lowest BCUT2D eigenvalue weighted by Crippen LogP contribution is -2.52. The molecule has 0 aromatic heterocycles. The lowest BCUT2D eigenvalue weighted by Gasteiger charge is -2.29. The molecule has 3 heterocycles. The Hall–Kier alpha value is -3.30. The number of ether oxygens (including phenoxy) is 2. The first-order valence-corrected chi connectivity index (χ1v) is 10.1. The van der Waals surface area contributed by atoms with E-state index in [2.05, 4.69) is 4.74 Å². The number of morpholine rings is 1. The van der Waals surface area contributed by atoms with Crippen molar-refractivity contribution in [3.63, 3.8) is 0 Å². The number of nitrogens with one attached hydrogen (secondary N) is 1. The number of carbonyl (C=O) groups is 3. The van der Waals surface area contributed by atoms with Crippen LogP contribution in [0.2, 0.25) is 0 Å². The standard InChI is InChI=1S/C25H26FN3O5/c26-20-12-16(13-28-8-10-33-11-9-28)4-5-17(20)15-34-22-3-1-2-18-19(22)14-29(25(18)32)21-6-7-23(30)27-24(21)31/h1-5,12,21H,6-11,13-15H2,(H,27,30,31)/i8D2,9D2,10D2,11D2,14D2,15D2,21D. The van der Waals surface area contributed by atoms with E-state index in [0.29, 0.717) is 11.0 Å². The number of rotatable bonds is 6. The highest BCUT2D eigenvalue weighted by atomic mass is 19.1. The monoisotopic (exact) mass is 480 g/mol. The van der Waals surface area contributed by atoms with Crippen molar-refractivity contribution in [3.8, 4) is 5.75 Å². The average Bonchev–Trinajstić information content (AvgIpc) is 3.13. The fourth-order valence-electron chi connectivity index (χ4n) is 3.52. The molecule has 178 valence electrons. The zero-order valence-electron chi connectivity index (χ0n) is 30.4. The van der Waals surface area contributed by atoms with Crippen LogP contribution in [0.3, 0.4) is 0 Å². The number of piperidine rings is 1. The molecule has 5 rings (SSSR count). The van der Waals surface area contributed by atoms with E-state index in [1.165, 1.54) is 6.07 Å². The first-order valence-electron chi connectivity index (χ1n) is 16.6. The van der Waals surface area contributed by atoms with Gasteiger partial charge in [-0.25, -0.2) is 4.39 Å². The van der Waals surface area contributed by atoms with Crippen molar-refractivity contribution in [2.24, 2.45) is 0 Å². The van der Waals surface area contributed by atoms with Gasteiger partial charge in [0.25, 0.3) is 5.91 Å². The number of imide groups is 1. The number of fused-ring (bicyclic) bond motifs is 1. The third-order valence-corrected chi connectivity index (χ3v) is 5.17. The van der Waals surface area contributed by atoms with Crippen LogP contribution < -0.4 is 10.1 Å². The normalized spacial score (nSPS) is 36.6. The number of halogens is 1. The summed E-state index contributed by atoms with van der Waals surface area (Å²) in [7, 11) is 0. The van der Waals surface area contributed by atoms with E-state index in [0.717, 1.165) is 24.3 Å². The lowest BCUT2D eigenvalue weighted by molar-refractivity contribution is -0.136. The van der Waals surface area contributed by atoms with E-state index in [-0.39, 0.29) is 22.4 Å². The fraction of sp³-hybridized carbons (Fsp3) is 0.400. The van der Waals surface area contributed by atoms with Crippen LogP contribution in [0.5, 0.6) is 5.75 Å². The molecule has 3 aliphatic heterocycles. The molecule has 3 amide bonds. The van der Waals surface area contributed by atoms with Crippen molar-refractivity contribution >= 4 is 17.7 Å². The van der Waals surface area contributed by atoms with Gasteiger partial charge in [0.1, 0.15) is 24.1 Å². The maximum Gasteiger partial charge on any atom is 0.255 e. The van der Waals surface area contributed by atoms with Crippen LogP contribution in [0.15, 0.2) is 36.4 Å². The molecule has 2 aromatic rings. The van der Waals surface area contributed by atoms with Crippen LogP contribution in [0, 0.1) is 5.82 Å². The first kappa shape index (κ1) is 11.9. The highest BCUT2D eigenvalue weighted by Crippen LogP contribution is 2.34. The Morgan fingerprint density at radius 3 is 2.82 bits per heavy atom. The fourth-order valence-corrected chi connectivity index (χ4v) is 3.52. The molecule has 1 unspecified atom stereocenters. The van der Waals surface area contributed by atoms with Crippen molar-refractivity contribution < 1.29 is 46.1 Å². The van der Waals surface area contributed by atoms with E-state index in [1.807, 2.05) is 5.32 Å². The van der Waals surface area contributed by atoms with Crippen molar-refractivity contribution in [2.75, 3.05) is 26.1 Å². The number of hydrogen-bond donors (Lipinski definition) is 1. The summed E-state index contributed by atoms with van der Waals surface area (Å²) in [6, 6.07) is 3.49. The van der Waals surface area contributed by atoms with E-state index in [4.69, 9.17) is 22.6 Å². The Morgan fingerprint density at radius 1 is 1.24 bits per heavy atom. The van der Waals surface area contributed by atoms with Crippen LogP contribution in [-0.2, 0) is 33.9 Å². The summed E-state index contributed by atoms with van der Waals surface area (Å²) < 4.78 is 132. The summed E-state index contributed by atoms with van der Waals surface area (Å²) in [5.41, 5.74) is -1.92.